The highest BCUT2D eigenvalue weighted by atomic mass is 19.1. The molecule has 0 aromatic heterocycles. The molecule has 0 unspecified atom stereocenters. The van der Waals surface area contributed by atoms with E-state index >= 15 is 0 Å². The van der Waals surface area contributed by atoms with Gasteiger partial charge in [0, 0.05) is 19.7 Å². The van der Waals surface area contributed by atoms with Crippen molar-refractivity contribution in [2.75, 3.05) is 13.2 Å². The van der Waals surface area contributed by atoms with Gasteiger partial charge < -0.3 is 14.8 Å². The first kappa shape index (κ1) is 16.9. The van der Waals surface area contributed by atoms with E-state index in [0.717, 1.165) is 37.4 Å². The van der Waals surface area contributed by atoms with Crippen molar-refractivity contribution in [3.05, 3.63) is 65.5 Å². The largest absolute Gasteiger partial charge is 0.489 e. The smallest absolute Gasteiger partial charge is 0.123 e. The van der Waals surface area contributed by atoms with Crippen LogP contribution in [-0.4, -0.2) is 19.3 Å². The number of nitrogens with one attached hydrogen (secondary N) is 1. The van der Waals surface area contributed by atoms with Gasteiger partial charge in [-0.05, 0) is 54.7 Å². The molecule has 2 aromatic rings. The van der Waals surface area contributed by atoms with Crippen molar-refractivity contribution in [2.45, 2.75) is 38.5 Å². The number of halogens is 1. The molecule has 0 spiro atoms. The van der Waals surface area contributed by atoms with Crippen molar-refractivity contribution in [2.24, 2.45) is 0 Å². The molecule has 0 saturated carbocycles. The van der Waals surface area contributed by atoms with Crippen LogP contribution in [0.4, 0.5) is 4.39 Å². The molecule has 1 aliphatic heterocycles. The van der Waals surface area contributed by atoms with Crippen molar-refractivity contribution in [1.29, 1.82) is 0 Å². The maximum Gasteiger partial charge on any atom is 0.123 e. The van der Waals surface area contributed by atoms with Gasteiger partial charge in [0.15, 0.2) is 0 Å². The summed E-state index contributed by atoms with van der Waals surface area (Å²) < 4.78 is 24.5. The van der Waals surface area contributed by atoms with Crippen LogP contribution in [0.1, 0.15) is 30.4 Å². The fraction of sp³-hybridized carbons (Fsp3) is 0.400. The second kappa shape index (κ2) is 8.81. The molecule has 3 nitrogen and oxygen atoms in total. The predicted molar refractivity (Wildman–Crippen MR) is 92.5 cm³/mol. The Morgan fingerprint density at radius 3 is 2.71 bits per heavy atom. The SMILES string of the molecule is Fc1cccc(COc2ccc(CNC[C@@H]3CCCCO3)cc2)c1. The van der Waals surface area contributed by atoms with Gasteiger partial charge in [0.2, 0.25) is 0 Å². The van der Waals surface area contributed by atoms with Gasteiger partial charge in [0.05, 0.1) is 6.10 Å². The number of ether oxygens (including phenoxy) is 2. The third kappa shape index (κ3) is 5.32. The zero-order valence-electron chi connectivity index (χ0n) is 13.8. The minimum absolute atomic E-state index is 0.237. The molecular weight excluding hydrogens is 305 g/mol. The van der Waals surface area contributed by atoms with Crippen LogP contribution in [-0.2, 0) is 17.9 Å². The summed E-state index contributed by atoms with van der Waals surface area (Å²) in [6, 6.07) is 14.5. The zero-order chi connectivity index (χ0) is 16.6. The Hall–Kier alpha value is -1.91. The Labute approximate surface area is 142 Å². The first-order valence-corrected chi connectivity index (χ1v) is 8.58. The first-order chi connectivity index (χ1) is 11.8. The first-order valence-electron chi connectivity index (χ1n) is 8.58. The maximum atomic E-state index is 13.1. The lowest BCUT2D eigenvalue weighted by Crippen LogP contribution is -2.31. The van der Waals surface area contributed by atoms with Crippen LogP contribution in [0, 0.1) is 5.82 Å². The van der Waals surface area contributed by atoms with Gasteiger partial charge in [-0.2, -0.15) is 0 Å². The molecule has 0 amide bonds. The van der Waals surface area contributed by atoms with E-state index in [0.29, 0.717) is 12.7 Å². The molecule has 24 heavy (non-hydrogen) atoms. The Morgan fingerprint density at radius 1 is 1.08 bits per heavy atom. The van der Waals surface area contributed by atoms with Gasteiger partial charge in [-0.15, -0.1) is 0 Å². The van der Waals surface area contributed by atoms with E-state index in [1.54, 1.807) is 6.07 Å². The quantitative estimate of drug-likeness (QED) is 0.831. The van der Waals surface area contributed by atoms with E-state index in [-0.39, 0.29) is 5.82 Å². The van der Waals surface area contributed by atoms with Crippen molar-refractivity contribution in [3.63, 3.8) is 0 Å². The Morgan fingerprint density at radius 2 is 1.96 bits per heavy atom. The molecule has 0 bridgehead atoms. The second-order valence-corrected chi connectivity index (χ2v) is 6.18. The summed E-state index contributed by atoms with van der Waals surface area (Å²) in [7, 11) is 0. The highest BCUT2D eigenvalue weighted by molar-refractivity contribution is 5.27. The third-order valence-electron chi connectivity index (χ3n) is 4.19. The standard InChI is InChI=1S/C20H24FNO2/c21-18-5-3-4-17(12-18)15-24-19-9-7-16(8-10-19)13-22-14-20-6-1-2-11-23-20/h3-5,7-10,12,20,22H,1-2,6,11,13-15H2/t20-/m0/s1. The average molecular weight is 329 g/mol. The number of benzene rings is 2. The zero-order valence-corrected chi connectivity index (χ0v) is 13.8. The Bertz CT molecular complexity index is 624. The molecule has 1 N–H and O–H groups in total. The fourth-order valence-electron chi connectivity index (χ4n) is 2.84. The second-order valence-electron chi connectivity index (χ2n) is 6.18. The van der Waals surface area contributed by atoms with Crippen LogP contribution < -0.4 is 10.1 Å². The van der Waals surface area contributed by atoms with Crippen LogP contribution in [0.2, 0.25) is 0 Å². The van der Waals surface area contributed by atoms with Crippen LogP contribution in [0.25, 0.3) is 0 Å². The van der Waals surface area contributed by atoms with Crippen molar-refractivity contribution in [3.8, 4) is 5.75 Å². The normalized spacial score (nSPS) is 17.6. The van der Waals surface area contributed by atoms with E-state index in [1.807, 2.05) is 18.2 Å². The predicted octanol–water partition coefficient (Wildman–Crippen LogP) is 4.06. The van der Waals surface area contributed by atoms with Gasteiger partial charge in [0.25, 0.3) is 0 Å². The minimum Gasteiger partial charge on any atom is -0.489 e. The van der Waals surface area contributed by atoms with Crippen LogP contribution >= 0.6 is 0 Å². The summed E-state index contributed by atoms with van der Waals surface area (Å²) in [4.78, 5) is 0. The molecule has 1 aliphatic rings. The summed E-state index contributed by atoms with van der Waals surface area (Å²) in [5.41, 5.74) is 2.04. The molecule has 128 valence electrons. The highest BCUT2D eigenvalue weighted by Gasteiger charge is 2.12. The van der Waals surface area contributed by atoms with Crippen molar-refractivity contribution in [1.82, 2.24) is 5.32 Å². The van der Waals surface area contributed by atoms with E-state index in [9.17, 15) is 4.39 Å². The molecular formula is C20H24FNO2. The van der Waals surface area contributed by atoms with Gasteiger partial charge in [-0.25, -0.2) is 4.39 Å². The lowest BCUT2D eigenvalue weighted by Gasteiger charge is -2.22. The molecule has 1 saturated heterocycles. The summed E-state index contributed by atoms with van der Waals surface area (Å²) in [6.07, 6.45) is 3.96. The summed E-state index contributed by atoms with van der Waals surface area (Å²) in [5, 5.41) is 3.45. The molecule has 1 heterocycles. The summed E-state index contributed by atoms with van der Waals surface area (Å²) in [5.74, 6) is 0.554. The van der Waals surface area contributed by atoms with Crippen molar-refractivity contribution >= 4 is 0 Å². The molecule has 1 fully saturated rings. The van der Waals surface area contributed by atoms with Gasteiger partial charge >= 0.3 is 0 Å². The minimum atomic E-state index is -0.237. The summed E-state index contributed by atoms with van der Waals surface area (Å²) >= 11 is 0. The van der Waals surface area contributed by atoms with Crippen LogP contribution in [0.5, 0.6) is 5.75 Å². The number of rotatable bonds is 7. The average Bonchev–Trinajstić information content (AvgIpc) is 2.62. The highest BCUT2D eigenvalue weighted by Crippen LogP contribution is 2.15. The van der Waals surface area contributed by atoms with E-state index < -0.39 is 0 Å². The Kier molecular flexibility index (Phi) is 6.21. The maximum absolute atomic E-state index is 13.1. The topological polar surface area (TPSA) is 30.5 Å². The van der Waals surface area contributed by atoms with Crippen LogP contribution in [0.3, 0.4) is 0 Å². The fourth-order valence-corrected chi connectivity index (χ4v) is 2.84. The van der Waals surface area contributed by atoms with E-state index in [1.165, 1.54) is 30.5 Å². The summed E-state index contributed by atoms with van der Waals surface area (Å²) in [6.45, 7) is 2.99. The lowest BCUT2D eigenvalue weighted by molar-refractivity contribution is 0.0168. The van der Waals surface area contributed by atoms with Crippen molar-refractivity contribution < 1.29 is 13.9 Å². The third-order valence-corrected chi connectivity index (χ3v) is 4.19. The lowest BCUT2D eigenvalue weighted by atomic mass is 10.1. The molecule has 3 rings (SSSR count). The molecule has 0 radical (unpaired) electrons. The molecule has 4 heteroatoms. The Balaban J connectivity index is 1.41. The van der Waals surface area contributed by atoms with Gasteiger partial charge in [-0.1, -0.05) is 24.3 Å². The van der Waals surface area contributed by atoms with Crippen LogP contribution in [0.15, 0.2) is 48.5 Å². The molecule has 2 aromatic carbocycles. The van der Waals surface area contributed by atoms with E-state index in [4.69, 9.17) is 9.47 Å². The van der Waals surface area contributed by atoms with Gasteiger partial charge in [0.1, 0.15) is 18.2 Å². The number of hydrogen-bond acceptors (Lipinski definition) is 3. The van der Waals surface area contributed by atoms with Gasteiger partial charge in [-0.3, -0.25) is 0 Å². The monoisotopic (exact) mass is 329 g/mol. The number of hydrogen-bond donors (Lipinski definition) is 1. The molecule has 1 atom stereocenters. The molecule has 0 aliphatic carbocycles. The van der Waals surface area contributed by atoms with E-state index in [2.05, 4.69) is 17.4 Å².